The van der Waals surface area contributed by atoms with Gasteiger partial charge in [-0.25, -0.2) is 4.98 Å². The molecule has 1 N–H and O–H groups in total. The Labute approximate surface area is 210 Å². The number of aromatic nitrogens is 2. The fourth-order valence-electron chi connectivity index (χ4n) is 4.64. The van der Waals surface area contributed by atoms with Gasteiger partial charge in [0.15, 0.2) is 0 Å². The van der Waals surface area contributed by atoms with Crippen molar-refractivity contribution < 1.29 is 4.74 Å². The Morgan fingerprint density at radius 1 is 0.914 bits per heavy atom. The maximum atomic E-state index is 5.98. The highest BCUT2D eigenvalue weighted by Crippen LogP contribution is 2.32. The fraction of sp³-hybridized carbons (Fsp3) is 0.387. The molecule has 2 aromatic heterocycles. The van der Waals surface area contributed by atoms with E-state index in [4.69, 9.17) is 4.74 Å². The van der Waals surface area contributed by atoms with Crippen LogP contribution in [-0.2, 0) is 0 Å². The summed E-state index contributed by atoms with van der Waals surface area (Å²) < 4.78 is 5.98. The first-order valence-electron chi connectivity index (χ1n) is 13.3. The molecule has 0 atom stereocenters. The van der Waals surface area contributed by atoms with Crippen LogP contribution in [-0.4, -0.2) is 41.1 Å². The molecular weight excluding hydrogens is 430 g/mol. The Morgan fingerprint density at radius 3 is 2.49 bits per heavy atom. The Morgan fingerprint density at radius 2 is 1.71 bits per heavy atom. The maximum Gasteiger partial charge on any atom is 0.138 e. The predicted octanol–water partition coefficient (Wildman–Crippen LogP) is 8.09. The number of H-pyrrole nitrogens is 1. The normalized spacial score (nSPS) is 11.9. The number of hydrogen-bond acceptors (Lipinski definition) is 3. The maximum absolute atomic E-state index is 5.98. The topological polar surface area (TPSA) is 41.1 Å². The minimum Gasteiger partial charge on any atom is -0.494 e. The Balaban J connectivity index is 1.50. The zero-order valence-electron chi connectivity index (χ0n) is 21.5. The van der Waals surface area contributed by atoms with Gasteiger partial charge in [0.2, 0.25) is 0 Å². The molecule has 4 aromatic rings. The number of nitrogens with one attached hydrogen (secondary N) is 1. The van der Waals surface area contributed by atoms with Gasteiger partial charge in [-0.3, -0.25) is 0 Å². The van der Waals surface area contributed by atoms with Crippen LogP contribution in [0.2, 0.25) is 0 Å². The minimum atomic E-state index is 0.749. The molecular formula is C31H39N3O. The predicted molar refractivity (Wildman–Crippen MR) is 150 cm³/mol. The number of nitrogens with zero attached hydrogens (tertiary/aromatic N) is 2. The highest BCUT2D eigenvalue weighted by molar-refractivity contribution is 6.10. The van der Waals surface area contributed by atoms with Crippen LogP contribution in [0, 0.1) is 0 Å². The number of unbranched alkanes of at least 4 members (excludes halogenated alkanes) is 3. The van der Waals surface area contributed by atoms with Gasteiger partial charge in [0.05, 0.1) is 6.61 Å². The van der Waals surface area contributed by atoms with Gasteiger partial charge in [-0.05, 0) is 79.4 Å². The first-order chi connectivity index (χ1) is 17.2. The lowest BCUT2D eigenvalue weighted by Gasteiger charge is -2.17. The number of ether oxygens (including phenoxy) is 1. The molecule has 0 unspecified atom stereocenters. The van der Waals surface area contributed by atoms with E-state index in [2.05, 4.69) is 96.3 Å². The first-order valence-corrected chi connectivity index (χ1v) is 13.3. The third-order valence-electron chi connectivity index (χ3n) is 6.77. The molecule has 0 spiro atoms. The van der Waals surface area contributed by atoms with E-state index in [1.54, 1.807) is 0 Å². The molecule has 2 aromatic carbocycles. The third kappa shape index (κ3) is 6.32. The van der Waals surface area contributed by atoms with Crippen LogP contribution in [0.3, 0.4) is 0 Å². The van der Waals surface area contributed by atoms with Gasteiger partial charge in [-0.15, -0.1) is 0 Å². The molecule has 0 saturated carbocycles. The number of hydrogen-bond donors (Lipinski definition) is 1. The van der Waals surface area contributed by atoms with Gasteiger partial charge in [0.25, 0.3) is 0 Å². The molecule has 2 heterocycles. The number of pyridine rings is 1. The van der Waals surface area contributed by atoms with E-state index < -0.39 is 0 Å². The molecule has 4 heteroatoms. The third-order valence-corrected chi connectivity index (χ3v) is 6.77. The second-order valence-electron chi connectivity index (χ2n) is 9.16. The van der Waals surface area contributed by atoms with Gasteiger partial charge in [0.1, 0.15) is 11.4 Å². The van der Waals surface area contributed by atoms with Crippen LogP contribution in [0.25, 0.3) is 39.1 Å². The lowest BCUT2D eigenvalue weighted by atomic mass is 10.0. The van der Waals surface area contributed by atoms with Crippen molar-refractivity contribution in [3.8, 4) is 16.9 Å². The van der Waals surface area contributed by atoms with Crippen molar-refractivity contribution in [3.05, 3.63) is 66.4 Å². The molecule has 35 heavy (non-hydrogen) atoms. The highest BCUT2D eigenvalue weighted by Gasteiger charge is 2.10. The van der Waals surface area contributed by atoms with E-state index in [1.165, 1.54) is 46.7 Å². The van der Waals surface area contributed by atoms with Gasteiger partial charge in [-0.2, -0.15) is 0 Å². The van der Waals surface area contributed by atoms with E-state index >= 15 is 0 Å². The smallest absolute Gasteiger partial charge is 0.138 e. The van der Waals surface area contributed by atoms with Crippen molar-refractivity contribution in [1.29, 1.82) is 0 Å². The van der Waals surface area contributed by atoms with Crippen molar-refractivity contribution in [1.82, 2.24) is 14.9 Å². The summed E-state index contributed by atoms with van der Waals surface area (Å²) in [6.45, 7) is 10.7. The second kappa shape index (κ2) is 12.6. The minimum absolute atomic E-state index is 0.749. The summed E-state index contributed by atoms with van der Waals surface area (Å²) in [7, 11) is 0. The summed E-state index contributed by atoms with van der Waals surface area (Å²) in [4.78, 5) is 10.5. The SMILES string of the molecule is CCCCC/C=C/c1ccnc2[nH]c3ccc(-c4ccc(OCCCN(CC)CC)cc4)cc3c12. The van der Waals surface area contributed by atoms with E-state index in [1.807, 2.05) is 6.20 Å². The molecule has 0 bridgehead atoms. The number of benzene rings is 2. The zero-order valence-corrected chi connectivity index (χ0v) is 21.5. The summed E-state index contributed by atoms with van der Waals surface area (Å²) in [6, 6.07) is 17.2. The van der Waals surface area contributed by atoms with Crippen molar-refractivity contribution >= 4 is 28.0 Å². The standard InChI is InChI=1S/C31H39N3O/c1-4-7-8-9-10-12-25-19-20-32-31-30(25)28-23-26(15-18-29(28)33-31)24-13-16-27(17-14-24)35-22-11-21-34(5-2)6-3/h10,12-20,23H,4-9,11,21-22H2,1-3H3,(H,32,33)/b12-10+. The van der Waals surface area contributed by atoms with E-state index in [9.17, 15) is 0 Å². The molecule has 184 valence electrons. The Kier molecular flexibility index (Phi) is 8.96. The quantitative estimate of drug-likeness (QED) is 0.201. The average molecular weight is 470 g/mol. The largest absolute Gasteiger partial charge is 0.494 e. The molecule has 0 aliphatic carbocycles. The average Bonchev–Trinajstić information content (AvgIpc) is 3.28. The number of rotatable bonds is 13. The molecule has 0 saturated heterocycles. The van der Waals surface area contributed by atoms with E-state index in [0.29, 0.717) is 0 Å². The van der Waals surface area contributed by atoms with E-state index in [0.717, 1.165) is 56.0 Å². The summed E-state index contributed by atoms with van der Waals surface area (Å²) >= 11 is 0. The van der Waals surface area contributed by atoms with Crippen molar-refractivity contribution in [2.24, 2.45) is 0 Å². The van der Waals surface area contributed by atoms with Crippen LogP contribution < -0.4 is 4.74 Å². The van der Waals surface area contributed by atoms with Gasteiger partial charge >= 0.3 is 0 Å². The molecule has 4 rings (SSSR count). The van der Waals surface area contributed by atoms with Crippen molar-refractivity contribution in [2.45, 2.75) is 52.9 Å². The molecule has 0 aliphatic heterocycles. The van der Waals surface area contributed by atoms with Crippen LogP contribution >= 0.6 is 0 Å². The van der Waals surface area contributed by atoms with Crippen molar-refractivity contribution in [3.63, 3.8) is 0 Å². The molecule has 0 radical (unpaired) electrons. The Hall–Kier alpha value is -3.11. The first kappa shape index (κ1) is 25.0. The number of allylic oxidation sites excluding steroid dienone is 1. The fourth-order valence-corrected chi connectivity index (χ4v) is 4.64. The number of fused-ring (bicyclic) bond motifs is 3. The molecule has 4 nitrogen and oxygen atoms in total. The van der Waals surface area contributed by atoms with Gasteiger partial charge in [0, 0.05) is 29.0 Å². The second-order valence-corrected chi connectivity index (χ2v) is 9.16. The van der Waals surface area contributed by atoms with Crippen molar-refractivity contribution in [2.75, 3.05) is 26.2 Å². The number of aromatic amines is 1. The summed E-state index contributed by atoms with van der Waals surface area (Å²) in [5.41, 5.74) is 5.69. The Bertz CT molecular complexity index is 1240. The monoisotopic (exact) mass is 469 g/mol. The zero-order chi connectivity index (χ0) is 24.5. The van der Waals surface area contributed by atoms with Gasteiger partial charge in [-0.1, -0.05) is 64.0 Å². The summed E-state index contributed by atoms with van der Waals surface area (Å²) in [6.07, 6.45) is 12.4. The molecule has 0 aliphatic rings. The summed E-state index contributed by atoms with van der Waals surface area (Å²) in [5.74, 6) is 0.932. The lowest BCUT2D eigenvalue weighted by Crippen LogP contribution is -2.25. The van der Waals surface area contributed by atoms with Crippen LogP contribution in [0.4, 0.5) is 0 Å². The molecule has 0 fully saturated rings. The summed E-state index contributed by atoms with van der Waals surface area (Å²) in [5, 5.41) is 2.42. The van der Waals surface area contributed by atoms with Crippen LogP contribution in [0.5, 0.6) is 5.75 Å². The van der Waals surface area contributed by atoms with Gasteiger partial charge < -0.3 is 14.6 Å². The molecule has 0 amide bonds. The lowest BCUT2D eigenvalue weighted by molar-refractivity contribution is 0.249. The van der Waals surface area contributed by atoms with E-state index in [-0.39, 0.29) is 0 Å². The highest BCUT2D eigenvalue weighted by atomic mass is 16.5. The van der Waals surface area contributed by atoms with Crippen LogP contribution in [0.1, 0.15) is 58.4 Å². The van der Waals surface area contributed by atoms with Crippen LogP contribution in [0.15, 0.2) is 60.8 Å².